The van der Waals surface area contributed by atoms with Crippen molar-refractivity contribution in [3.05, 3.63) is 23.8 Å². The van der Waals surface area contributed by atoms with Gasteiger partial charge >= 0.3 is 5.97 Å². The number of hydrogen-bond acceptors (Lipinski definition) is 3. The summed E-state index contributed by atoms with van der Waals surface area (Å²) >= 11 is 0. The Balaban J connectivity index is 0. The smallest absolute Gasteiger partial charge is 0.333 e. The third kappa shape index (κ3) is 11.0. The quantitative estimate of drug-likeness (QED) is 0.446. The zero-order valence-corrected chi connectivity index (χ0v) is 11.0. The molecule has 0 aromatic rings. The SMILES string of the molecule is C=C(C)C(=O)OCC.CCC(=CCN)CC. The van der Waals surface area contributed by atoms with Crippen molar-refractivity contribution in [3.8, 4) is 0 Å². The van der Waals surface area contributed by atoms with Crippen LogP contribution in [0.3, 0.4) is 0 Å². The second kappa shape index (κ2) is 12.0. The summed E-state index contributed by atoms with van der Waals surface area (Å²) in [5.41, 5.74) is 7.22. The topological polar surface area (TPSA) is 52.3 Å². The lowest BCUT2D eigenvalue weighted by Crippen LogP contribution is -2.03. The number of esters is 1. The van der Waals surface area contributed by atoms with Crippen LogP contribution in [0.15, 0.2) is 23.8 Å². The third-order valence-corrected chi connectivity index (χ3v) is 1.94. The van der Waals surface area contributed by atoms with Gasteiger partial charge in [0, 0.05) is 12.1 Å². The molecule has 0 aromatic heterocycles. The Hall–Kier alpha value is -1.09. The van der Waals surface area contributed by atoms with Gasteiger partial charge in [-0.1, -0.05) is 32.1 Å². The van der Waals surface area contributed by atoms with E-state index in [0.717, 1.165) is 12.8 Å². The molecule has 0 aromatic carbocycles. The van der Waals surface area contributed by atoms with Crippen molar-refractivity contribution >= 4 is 5.97 Å². The van der Waals surface area contributed by atoms with Crippen molar-refractivity contribution in [2.45, 2.75) is 40.5 Å². The van der Waals surface area contributed by atoms with Gasteiger partial charge in [0.1, 0.15) is 0 Å². The van der Waals surface area contributed by atoms with Crippen LogP contribution in [0.25, 0.3) is 0 Å². The molecule has 3 heteroatoms. The zero-order chi connectivity index (χ0) is 13.0. The molecule has 0 fully saturated rings. The molecule has 16 heavy (non-hydrogen) atoms. The van der Waals surface area contributed by atoms with Gasteiger partial charge < -0.3 is 10.5 Å². The van der Waals surface area contributed by atoms with E-state index in [0.29, 0.717) is 18.7 Å². The monoisotopic (exact) mass is 227 g/mol. The molecule has 0 rings (SSSR count). The van der Waals surface area contributed by atoms with E-state index in [2.05, 4.69) is 31.2 Å². The van der Waals surface area contributed by atoms with Crippen molar-refractivity contribution in [2.75, 3.05) is 13.2 Å². The average molecular weight is 227 g/mol. The second-order valence-electron chi connectivity index (χ2n) is 3.31. The molecule has 3 nitrogen and oxygen atoms in total. The molecule has 0 aliphatic carbocycles. The molecule has 0 atom stereocenters. The normalized spacial score (nSPS) is 8.56. The maximum Gasteiger partial charge on any atom is 0.333 e. The molecule has 0 saturated heterocycles. The van der Waals surface area contributed by atoms with E-state index in [1.807, 2.05) is 0 Å². The van der Waals surface area contributed by atoms with Crippen molar-refractivity contribution in [1.29, 1.82) is 0 Å². The molecular weight excluding hydrogens is 202 g/mol. The lowest BCUT2D eigenvalue weighted by atomic mass is 10.1. The van der Waals surface area contributed by atoms with Gasteiger partial charge in [-0.3, -0.25) is 0 Å². The number of allylic oxidation sites excluding steroid dienone is 1. The Kier molecular flexibility index (Phi) is 13.0. The summed E-state index contributed by atoms with van der Waals surface area (Å²) < 4.78 is 4.56. The van der Waals surface area contributed by atoms with Crippen LogP contribution >= 0.6 is 0 Å². The molecule has 0 radical (unpaired) electrons. The van der Waals surface area contributed by atoms with Gasteiger partial charge in [-0.2, -0.15) is 0 Å². The standard InChI is InChI=1S/C7H15N.C6H10O2/c1-3-7(4-2)5-6-8;1-4-8-6(7)5(2)3/h5H,3-4,6,8H2,1-2H3;2,4H2,1,3H3. The molecule has 0 bridgehead atoms. The van der Waals surface area contributed by atoms with E-state index < -0.39 is 0 Å². The number of rotatable bonds is 5. The van der Waals surface area contributed by atoms with Crippen LogP contribution in [-0.2, 0) is 9.53 Å². The molecule has 0 spiro atoms. The van der Waals surface area contributed by atoms with Crippen molar-refractivity contribution in [1.82, 2.24) is 0 Å². The summed E-state index contributed by atoms with van der Waals surface area (Å²) in [6.07, 6.45) is 4.39. The van der Waals surface area contributed by atoms with Crippen LogP contribution in [0, 0.1) is 0 Å². The Bertz CT molecular complexity index is 226. The molecule has 0 heterocycles. The maximum absolute atomic E-state index is 10.4. The van der Waals surface area contributed by atoms with Gasteiger partial charge in [0.05, 0.1) is 6.61 Å². The van der Waals surface area contributed by atoms with Crippen LogP contribution in [-0.4, -0.2) is 19.1 Å². The van der Waals surface area contributed by atoms with Crippen LogP contribution in [0.4, 0.5) is 0 Å². The van der Waals surface area contributed by atoms with Crippen molar-refractivity contribution < 1.29 is 9.53 Å². The number of nitrogens with two attached hydrogens (primary N) is 1. The van der Waals surface area contributed by atoms with E-state index in [-0.39, 0.29) is 5.97 Å². The van der Waals surface area contributed by atoms with Gasteiger partial charge in [-0.15, -0.1) is 0 Å². The highest BCUT2D eigenvalue weighted by Gasteiger charge is 1.98. The summed E-state index contributed by atoms with van der Waals surface area (Å²) in [6.45, 7) is 12.2. The first-order chi connectivity index (χ1) is 7.53. The van der Waals surface area contributed by atoms with Gasteiger partial charge in [0.15, 0.2) is 0 Å². The van der Waals surface area contributed by atoms with E-state index >= 15 is 0 Å². The maximum atomic E-state index is 10.4. The highest BCUT2D eigenvalue weighted by atomic mass is 16.5. The minimum atomic E-state index is -0.312. The number of hydrogen-bond donors (Lipinski definition) is 1. The Morgan fingerprint density at radius 2 is 1.81 bits per heavy atom. The van der Waals surface area contributed by atoms with Gasteiger partial charge in [0.25, 0.3) is 0 Å². The molecular formula is C13H25NO2. The average Bonchev–Trinajstić information content (AvgIpc) is 2.27. The molecule has 0 unspecified atom stereocenters. The minimum absolute atomic E-state index is 0.312. The van der Waals surface area contributed by atoms with E-state index in [9.17, 15) is 4.79 Å². The summed E-state index contributed by atoms with van der Waals surface area (Å²) in [5, 5.41) is 0. The van der Waals surface area contributed by atoms with Gasteiger partial charge in [-0.05, 0) is 26.7 Å². The van der Waals surface area contributed by atoms with Crippen molar-refractivity contribution in [2.24, 2.45) is 5.73 Å². The third-order valence-electron chi connectivity index (χ3n) is 1.94. The Morgan fingerprint density at radius 1 is 1.31 bits per heavy atom. The van der Waals surface area contributed by atoms with Crippen LogP contribution in [0.5, 0.6) is 0 Å². The van der Waals surface area contributed by atoms with E-state index in [1.165, 1.54) is 5.57 Å². The first-order valence-electron chi connectivity index (χ1n) is 5.73. The van der Waals surface area contributed by atoms with Gasteiger partial charge in [-0.25, -0.2) is 4.79 Å². The lowest BCUT2D eigenvalue weighted by Gasteiger charge is -1.96. The molecule has 0 aliphatic heterocycles. The first kappa shape index (κ1) is 17.3. The van der Waals surface area contributed by atoms with E-state index in [1.54, 1.807) is 13.8 Å². The predicted molar refractivity (Wildman–Crippen MR) is 69.2 cm³/mol. The highest BCUT2D eigenvalue weighted by molar-refractivity contribution is 5.86. The number of carbonyl (C=O) groups excluding carboxylic acids is 1. The Labute approximate surface area is 99.4 Å². The highest BCUT2D eigenvalue weighted by Crippen LogP contribution is 2.02. The zero-order valence-electron chi connectivity index (χ0n) is 11.0. The number of ether oxygens (including phenoxy) is 1. The van der Waals surface area contributed by atoms with Crippen LogP contribution < -0.4 is 5.73 Å². The van der Waals surface area contributed by atoms with E-state index in [4.69, 9.17) is 5.73 Å². The van der Waals surface area contributed by atoms with Crippen LogP contribution in [0.1, 0.15) is 40.5 Å². The fourth-order valence-electron chi connectivity index (χ4n) is 0.960. The lowest BCUT2D eigenvalue weighted by molar-refractivity contribution is -0.138. The first-order valence-corrected chi connectivity index (χ1v) is 5.73. The predicted octanol–water partition coefficient (Wildman–Crippen LogP) is 2.82. The molecule has 94 valence electrons. The van der Waals surface area contributed by atoms with Gasteiger partial charge in [0.2, 0.25) is 0 Å². The number of carbonyl (C=O) groups is 1. The summed E-state index contributed by atoms with van der Waals surface area (Å²) in [4.78, 5) is 10.4. The van der Waals surface area contributed by atoms with Crippen LogP contribution in [0.2, 0.25) is 0 Å². The summed E-state index contributed by atoms with van der Waals surface area (Å²) in [5.74, 6) is -0.312. The Morgan fingerprint density at radius 3 is 1.94 bits per heavy atom. The molecule has 2 N–H and O–H groups in total. The molecule has 0 amide bonds. The summed E-state index contributed by atoms with van der Waals surface area (Å²) in [6, 6.07) is 0. The van der Waals surface area contributed by atoms with Crippen molar-refractivity contribution in [3.63, 3.8) is 0 Å². The second-order valence-corrected chi connectivity index (χ2v) is 3.31. The largest absolute Gasteiger partial charge is 0.463 e. The molecule has 0 aliphatic rings. The minimum Gasteiger partial charge on any atom is -0.463 e. The summed E-state index contributed by atoms with van der Waals surface area (Å²) in [7, 11) is 0. The fourth-order valence-corrected chi connectivity index (χ4v) is 0.960. The molecule has 0 saturated carbocycles. The fraction of sp³-hybridized carbons (Fsp3) is 0.615.